The van der Waals surface area contributed by atoms with Crippen LogP contribution >= 0.6 is 24.0 Å². The summed E-state index contributed by atoms with van der Waals surface area (Å²) < 4.78 is 7.93. The summed E-state index contributed by atoms with van der Waals surface area (Å²) in [6.07, 6.45) is 8.50. The second kappa shape index (κ2) is 8.00. The zero-order valence-electron chi connectivity index (χ0n) is 16.0. The van der Waals surface area contributed by atoms with E-state index in [1.165, 1.54) is 32.1 Å². The van der Waals surface area contributed by atoms with E-state index in [0.717, 1.165) is 24.9 Å². The van der Waals surface area contributed by atoms with Gasteiger partial charge in [-0.25, -0.2) is 4.98 Å². The van der Waals surface area contributed by atoms with E-state index in [2.05, 4.69) is 34.3 Å². The maximum atomic E-state index is 6.11. The molecule has 8 heteroatoms. The van der Waals surface area contributed by atoms with Crippen LogP contribution < -0.4 is 5.32 Å². The first-order valence-corrected chi connectivity index (χ1v) is 9.62. The zero-order valence-corrected chi connectivity index (χ0v) is 18.3. The van der Waals surface area contributed by atoms with Crippen LogP contribution in [-0.2, 0) is 18.3 Å². The lowest BCUT2D eigenvalue weighted by molar-refractivity contribution is -0.125. The van der Waals surface area contributed by atoms with Gasteiger partial charge in [0.05, 0.1) is 12.6 Å². The molecule has 26 heavy (non-hydrogen) atoms. The van der Waals surface area contributed by atoms with Crippen molar-refractivity contribution in [3.8, 4) is 0 Å². The lowest BCUT2D eigenvalue weighted by Crippen LogP contribution is -2.69. The van der Waals surface area contributed by atoms with E-state index in [1.54, 1.807) is 6.33 Å². The van der Waals surface area contributed by atoms with E-state index in [0.29, 0.717) is 30.0 Å². The van der Waals surface area contributed by atoms with Crippen LogP contribution in [0.4, 0.5) is 0 Å². The van der Waals surface area contributed by atoms with Crippen molar-refractivity contribution in [3.63, 3.8) is 0 Å². The number of ether oxygens (including phenoxy) is 1. The third-order valence-corrected chi connectivity index (χ3v) is 6.42. The van der Waals surface area contributed by atoms with E-state index in [9.17, 15) is 0 Å². The first kappa shape index (κ1) is 19.9. The molecule has 1 aliphatic heterocycles. The number of nitrogens with zero attached hydrogens (tertiary/aromatic N) is 5. The van der Waals surface area contributed by atoms with Crippen molar-refractivity contribution in [1.29, 1.82) is 0 Å². The van der Waals surface area contributed by atoms with Crippen molar-refractivity contribution in [1.82, 2.24) is 25.0 Å². The van der Waals surface area contributed by atoms with E-state index in [4.69, 9.17) is 9.73 Å². The Balaban J connectivity index is 0.00000196. The first-order valence-electron chi connectivity index (χ1n) is 9.62. The number of rotatable bonds is 4. The zero-order chi connectivity index (χ0) is 17.4. The highest BCUT2D eigenvalue weighted by Crippen LogP contribution is 2.60. The number of halogens is 1. The summed E-state index contributed by atoms with van der Waals surface area (Å²) in [5, 5.41) is 8.00. The first-order chi connectivity index (χ1) is 12.2. The van der Waals surface area contributed by atoms with Crippen LogP contribution in [0.3, 0.4) is 0 Å². The maximum absolute atomic E-state index is 6.11. The molecule has 2 saturated carbocycles. The van der Waals surface area contributed by atoms with Gasteiger partial charge in [0.1, 0.15) is 12.2 Å². The highest BCUT2D eigenvalue weighted by Gasteiger charge is 2.65. The fourth-order valence-electron chi connectivity index (χ4n) is 5.22. The van der Waals surface area contributed by atoms with Crippen LogP contribution in [-0.4, -0.2) is 58.0 Å². The molecule has 146 valence electrons. The fourth-order valence-corrected chi connectivity index (χ4v) is 5.22. The van der Waals surface area contributed by atoms with Crippen LogP contribution in [0.15, 0.2) is 11.3 Å². The van der Waals surface area contributed by atoms with Crippen molar-refractivity contribution in [3.05, 3.63) is 12.2 Å². The van der Waals surface area contributed by atoms with Gasteiger partial charge < -0.3 is 15.0 Å². The summed E-state index contributed by atoms with van der Waals surface area (Å²) in [6.45, 7) is 4.48. The highest BCUT2D eigenvalue weighted by molar-refractivity contribution is 14.0. The van der Waals surface area contributed by atoms with E-state index in [-0.39, 0.29) is 24.0 Å². The number of aryl methyl sites for hydroxylation is 1. The molecule has 2 heterocycles. The standard InChI is InChI=1S/C18H30N6O.HI/c1-4-19-17(23(2)11-14-20-12-21-24(14)3)22-15-13-7-10-25-16(13)18(15)8-5-6-9-18;/h12-13,15-16H,4-11H2,1-3H3,(H,19,22);1H. The second-order valence-electron chi connectivity index (χ2n) is 7.76. The normalized spacial score (nSPS) is 29.2. The van der Waals surface area contributed by atoms with Crippen LogP contribution in [0.1, 0.15) is 44.9 Å². The Morgan fingerprint density at radius 3 is 2.88 bits per heavy atom. The number of guanidine groups is 1. The van der Waals surface area contributed by atoms with Gasteiger partial charge >= 0.3 is 0 Å². The molecular weight excluding hydrogens is 443 g/mol. The van der Waals surface area contributed by atoms with Gasteiger partial charge in [0.2, 0.25) is 0 Å². The van der Waals surface area contributed by atoms with Crippen molar-refractivity contribution >= 4 is 29.9 Å². The molecule has 1 aromatic heterocycles. The van der Waals surface area contributed by atoms with Crippen LogP contribution in [0.2, 0.25) is 0 Å². The molecule has 0 radical (unpaired) electrons. The molecule has 3 aliphatic rings. The van der Waals surface area contributed by atoms with Gasteiger partial charge in [-0.3, -0.25) is 9.67 Å². The summed E-state index contributed by atoms with van der Waals surface area (Å²) >= 11 is 0. The van der Waals surface area contributed by atoms with Crippen LogP contribution in [0.25, 0.3) is 0 Å². The Kier molecular flexibility index (Phi) is 6.11. The molecule has 4 rings (SSSR count). The third-order valence-electron chi connectivity index (χ3n) is 6.42. The van der Waals surface area contributed by atoms with Gasteiger partial charge in [-0.1, -0.05) is 12.8 Å². The predicted molar refractivity (Wildman–Crippen MR) is 112 cm³/mol. The minimum absolute atomic E-state index is 0. The van der Waals surface area contributed by atoms with E-state index in [1.807, 2.05) is 11.7 Å². The highest BCUT2D eigenvalue weighted by atomic mass is 127. The second-order valence-corrected chi connectivity index (χ2v) is 7.76. The summed E-state index contributed by atoms with van der Waals surface area (Å²) in [5.74, 6) is 2.56. The Morgan fingerprint density at radius 1 is 1.46 bits per heavy atom. The van der Waals surface area contributed by atoms with Gasteiger partial charge in [-0.05, 0) is 26.2 Å². The van der Waals surface area contributed by atoms with E-state index >= 15 is 0 Å². The van der Waals surface area contributed by atoms with Crippen LogP contribution in [0, 0.1) is 11.3 Å². The average Bonchev–Trinajstić information content (AvgIpc) is 3.32. The topological polar surface area (TPSA) is 67.6 Å². The minimum Gasteiger partial charge on any atom is -0.377 e. The molecule has 2 aliphatic carbocycles. The number of hydrogen-bond donors (Lipinski definition) is 1. The maximum Gasteiger partial charge on any atom is 0.194 e. The molecule has 3 unspecified atom stereocenters. The Bertz CT molecular complexity index is 641. The molecule has 1 saturated heterocycles. The average molecular weight is 474 g/mol. The summed E-state index contributed by atoms with van der Waals surface area (Å²) in [4.78, 5) is 11.3. The number of aromatic nitrogens is 3. The molecule has 0 bridgehead atoms. The van der Waals surface area contributed by atoms with Gasteiger partial charge in [0, 0.05) is 44.6 Å². The Morgan fingerprint density at radius 2 is 2.23 bits per heavy atom. The monoisotopic (exact) mass is 474 g/mol. The molecule has 1 N–H and O–H groups in total. The molecule has 0 aromatic carbocycles. The lowest BCUT2D eigenvalue weighted by atomic mass is 9.54. The minimum atomic E-state index is 0. The molecule has 3 atom stereocenters. The Hall–Kier alpha value is -0.900. The van der Waals surface area contributed by atoms with Gasteiger partial charge in [0.25, 0.3) is 0 Å². The Labute approximate surface area is 173 Å². The quantitative estimate of drug-likeness (QED) is 0.412. The largest absolute Gasteiger partial charge is 0.377 e. The summed E-state index contributed by atoms with van der Waals surface area (Å²) in [6, 6.07) is 0.495. The van der Waals surface area contributed by atoms with Gasteiger partial charge in [0.15, 0.2) is 5.96 Å². The summed E-state index contributed by atoms with van der Waals surface area (Å²) in [7, 11) is 4.01. The number of aliphatic imine (C=N–C) groups is 1. The number of hydrogen-bond acceptors (Lipinski definition) is 4. The SMILES string of the molecule is CCN=C(NC1C2CCOC2C12CCCC2)N(C)Cc1ncnn1C.I. The third kappa shape index (κ3) is 3.23. The molecule has 1 spiro atoms. The molecule has 3 fully saturated rings. The molecular formula is C18H31IN6O. The van der Waals surface area contributed by atoms with Crippen LogP contribution in [0.5, 0.6) is 0 Å². The molecule has 1 aromatic rings. The number of nitrogens with one attached hydrogen (secondary N) is 1. The van der Waals surface area contributed by atoms with Crippen molar-refractivity contribution in [2.24, 2.45) is 23.4 Å². The van der Waals surface area contributed by atoms with Gasteiger partial charge in [-0.2, -0.15) is 5.10 Å². The van der Waals surface area contributed by atoms with Gasteiger partial charge in [-0.15, -0.1) is 24.0 Å². The lowest BCUT2D eigenvalue weighted by Gasteiger charge is -2.57. The van der Waals surface area contributed by atoms with Crippen molar-refractivity contribution < 1.29 is 4.74 Å². The molecule has 7 nitrogen and oxygen atoms in total. The van der Waals surface area contributed by atoms with E-state index < -0.39 is 0 Å². The smallest absolute Gasteiger partial charge is 0.194 e. The van der Waals surface area contributed by atoms with Crippen molar-refractivity contribution in [2.75, 3.05) is 20.2 Å². The van der Waals surface area contributed by atoms with Crippen molar-refractivity contribution in [2.45, 2.75) is 57.7 Å². The summed E-state index contributed by atoms with van der Waals surface area (Å²) in [5.41, 5.74) is 0.335. The molecule has 0 amide bonds. The fraction of sp³-hybridized carbons (Fsp3) is 0.833. The number of fused-ring (bicyclic) bond motifs is 2. The predicted octanol–water partition coefficient (Wildman–Crippen LogP) is 2.18.